The molecule has 1 fully saturated rings. The predicted octanol–water partition coefficient (Wildman–Crippen LogP) is 1.38. The van der Waals surface area contributed by atoms with Gasteiger partial charge in [0.2, 0.25) is 5.91 Å². The van der Waals surface area contributed by atoms with Crippen LogP contribution in [0, 0.1) is 18.7 Å². The largest absolute Gasteiger partial charge is 0.421 e. The number of aromatic nitrogens is 4. The molecule has 1 aromatic carbocycles. The third-order valence-electron chi connectivity index (χ3n) is 6.58. The number of aliphatic hydroxyl groups is 1. The lowest BCUT2D eigenvalue weighted by Crippen LogP contribution is -2.42. The van der Waals surface area contributed by atoms with Gasteiger partial charge in [-0.3, -0.25) is 4.79 Å². The number of aryl methyl sites for hydroxylation is 1. The number of nitrogens with two attached hydrogens (primary N) is 1. The summed E-state index contributed by atoms with van der Waals surface area (Å²) in [6.07, 6.45) is 2.86. The molecule has 5 rings (SSSR count). The Kier molecular flexibility index (Phi) is 6.61. The molecule has 2 aliphatic rings. The number of hydrogen-bond donors (Lipinski definition) is 4. The summed E-state index contributed by atoms with van der Waals surface area (Å²) in [5, 5.41) is 15.3. The van der Waals surface area contributed by atoms with Gasteiger partial charge < -0.3 is 31.1 Å². The fourth-order valence-corrected chi connectivity index (χ4v) is 4.79. The van der Waals surface area contributed by atoms with Crippen molar-refractivity contribution >= 4 is 17.4 Å². The van der Waals surface area contributed by atoms with E-state index in [-0.39, 0.29) is 24.3 Å². The highest BCUT2D eigenvalue weighted by molar-refractivity contribution is 5.89. The fourth-order valence-electron chi connectivity index (χ4n) is 4.79. The van der Waals surface area contributed by atoms with Crippen LogP contribution < -0.4 is 26.0 Å². The Bertz CT molecular complexity index is 1330. The van der Waals surface area contributed by atoms with Crippen LogP contribution in [-0.2, 0) is 11.2 Å². The van der Waals surface area contributed by atoms with E-state index in [0.717, 1.165) is 5.56 Å². The second kappa shape index (κ2) is 9.87. The predicted molar refractivity (Wildman–Crippen MR) is 135 cm³/mol. The van der Waals surface area contributed by atoms with Crippen molar-refractivity contribution in [3.63, 3.8) is 0 Å². The number of nitrogens with one attached hydrogen (secondary N) is 2. The van der Waals surface area contributed by atoms with Crippen molar-refractivity contribution in [3.05, 3.63) is 47.4 Å². The number of nitrogens with zero attached hydrogens (tertiary/aromatic N) is 5. The maximum Gasteiger partial charge on any atom is 0.324 e. The minimum Gasteiger partial charge on any atom is -0.421 e. The van der Waals surface area contributed by atoms with Gasteiger partial charge in [-0.25, -0.2) is 14.4 Å². The van der Waals surface area contributed by atoms with E-state index < -0.39 is 18.1 Å². The molecular weight excluding hydrogens is 479 g/mol. The number of carbonyl (C=O) groups excluding carboxylic acids is 1. The van der Waals surface area contributed by atoms with Crippen molar-refractivity contribution in [3.8, 4) is 22.9 Å². The molecule has 37 heavy (non-hydrogen) atoms. The normalized spacial score (nSPS) is 18.8. The number of halogens is 1. The van der Waals surface area contributed by atoms with Crippen molar-refractivity contribution in [2.24, 2.45) is 11.7 Å². The number of ether oxygens (including phenoxy) is 1. The maximum atomic E-state index is 14.6. The minimum absolute atomic E-state index is 0.0936. The Labute approximate surface area is 213 Å². The van der Waals surface area contributed by atoms with Gasteiger partial charge in [-0.15, -0.1) is 0 Å². The molecular formula is C25H29FN8O3. The van der Waals surface area contributed by atoms with E-state index in [2.05, 4.69) is 25.6 Å². The zero-order valence-electron chi connectivity index (χ0n) is 20.8. The Morgan fingerprint density at radius 1 is 1.30 bits per heavy atom. The van der Waals surface area contributed by atoms with Gasteiger partial charge in [0.25, 0.3) is 0 Å². The maximum absolute atomic E-state index is 14.6. The highest BCUT2D eigenvalue weighted by atomic mass is 19.1. The number of anilines is 2. The van der Waals surface area contributed by atoms with Crippen molar-refractivity contribution in [2.75, 3.05) is 36.9 Å². The number of fused-ring (bicyclic) bond motifs is 3. The lowest BCUT2D eigenvalue weighted by molar-refractivity contribution is -0.125. The lowest BCUT2D eigenvalue weighted by Gasteiger charge is -2.21. The van der Waals surface area contributed by atoms with Crippen LogP contribution in [0.3, 0.4) is 0 Å². The second-order valence-electron chi connectivity index (χ2n) is 9.40. The molecule has 0 bridgehead atoms. The molecule has 0 spiro atoms. The van der Waals surface area contributed by atoms with Gasteiger partial charge in [0, 0.05) is 50.4 Å². The molecule has 1 amide bonds. The van der Waals surface area contributed by atoms with Crippen LogP contribution in [0.2, 0.25) is 0 Å². The quantitative estimate of drug-likeness (QED) is 0.288. The number of amides is 1. The van der Waals surface area contributed by atoms with Gasteiger partial charge in [0.05, 0.1) is 30.1 Å². The molecule has 1 saturated heterocycles. The number of rotatable bonds is 7. The second-order valence-corrected chi connectivity index (χ2v) is 9.40. The number of hydrogen-bond acceptors (Lipinski definition) is 10. The van der Waals surface area contributed by atoms with E-state index in [1.54, 1.807) is 20.9 Å². The van der Waals surface area contributed by atoms with Crippen LogP contribution in [-0.4, -0.2) is 69.8 Å². The third-order valence-corrected chi connectivity index (χ3v) is 6.58. The van der Waals surface area contributed by atoms with Crippen LogP contribution in [0.1, 0.15) is 24.0 Å². The topological polar surface area (TPSA) is 151 Å². The Morgan fingerprint density at radius 3 is 2.76 bits per heavy atom. The Morgan fingerprint density at radius 2 is 2.05 bits per heavy atom. The summed E-state index contributed by atoms with van der Waals surface area (Å²) in [5.74, 6) is 0.362. The molecule has 1 aliphatic carbocycles. The number of aliphatic hydroxyl groups excluding tert-OH is 1. The zero-order valence-corrected chi connectivity index (χ0v) is 20.8. The zero-order chi connectivity index (χ0) is 26.3. The summed E-state index contributed by atoms with van der Waals surface area (Å²) in [6.45, 7) is 4.16. The lowest BCUT2D eigenvalue weighted by atomic mass is 10.0. The van der Waals surface area contributed by atoms with Gasteiger partial charge in [-0.2, -0.15) is 9.97 Å². The molecule has 3 unspecified atom stereocenters. The molecule has 12 heteroatoms. The summed E-state index contributed by atoms with van der Waals surface area (Å²) < 4.78 is 20.5. The van der Waals surface area contributed by atoms with Crippen molar-refractivity contribution in [1.29, 1.82) is 0 Å². The molecule has 11 nitrogen and oxygen atoms in total. The molecule has 2 aromatic heterocycles. The molecule has 0 radical (unpaired) electrons. The van der Waals surface area contributed by atoms with Gasteiger partial charge in [0.1, 0.15) is 17.5 Å². The van der Waals surface area contributed by atoms with E-state index in [0.29, 0.717) is 59.4 Å². The van der Waals surface area contributed by atoms with Gasteiger partial charge in [-0.05, 0) is 37.1 Å². The first kappa shape index (κ1) is 24.8. The van der Waals surface area contributed by atoms with E-state index in [1.165, 1.54) is 24.5 Å². The highest BCUT2D eigenvalue weighted by Crippen LogP contribution is 2.46. The van der Waals surface area contributed by atoms with E-state index >= 15 is 0 Å². The third kappa shape index (κ3) is 4.89. The van der Waals surface area contributed by atoms with E-state index in [4.69, 9.17) is 15.5 Å². The summed E-state index contributed by atoms with van der Waals surface area (Å²) >= 11 is 0. The standard InChI is InChI=1S/C25H29FN8O3/c1-12(35)7-31-24(36)18-10-34(11-19(18)27)23-22-17-4-14(26)5-20(28-3)16(17)6-21(22)32-25(33-23)37-15-8-29-13(2)30-9-15/h4-5,8-9,12,18-19,28,35H,6-7,10-11,27H2,1-3H3,(H,31,36). The molecule has 5 N–H and O–H groups in total. The fraction of sp³-hybridized carbons (Fsp3) is 0.400. The first-order valence-corrected chi connectivity index (χ1v) is 12.1. The van der Waals surface area contributed by atoms with Crippen LogP contribution in [0.15, 0.2) is 24.5 Å². The Hall–Kier alpha value is -3.90. The van der Waals surface area contributed by atoms with Gasteiger partial charge in [0.15, 0.2) is 5.75 Å². The molecule has 3 aromatic rings. The summed E-state index contributed by atoms with van der Waals surface area (Å²) in [7, 11) is 1.74. The average molecular weight is 509 g/mol. The molecule has 194 valence electrons. The van der Waals surface area contributed by atoms with Crippen molar-refractivity contribution in [2.45, 2.75) is 32.4 Å². The average Bonchev–Trinajstić information content (AvgIpc) is 3.43. The molecule has 0 saturated carbocycles. The highest BCUT2D eigenvalue weighted by Gasteiger charge is 2.39. The SMILES string of the molecule is CNc1cc(F)cc2c1Cc1nc(Oc3cnc(C)nc3)nc(N3CC(N)C(C(=O)NCC(C)O)C3)c1-2. The summed E-state index contributed by atoms with van der Waals surface area (Å²) in [5.41, 5.74) is 10.0. The van der Waals surface area contributed by atoms with Gasteiger partial charge >= 0.3 is 6.01 Å². The van der Waals surface area contributed by atoms with E-state index in [1.807, 2.05) is 4.90 Å². The van der Waals surface area contributed by atoms with E-state index in [9.17, 15) is 14.3 Å². The number of benzene rings is 1. The smallest absolute Gasteiger partial charge is 0.324 e. The first-order chi connectivity index (χ1) is 17.7. The number of carbonyl (C=O) groups is 1. The minimum atomic E-state index is -0.666. The molecule has 3 heterocycles. The van der Waals surface area contributed by atoms with Crippen molar-refractivity contribution < 1.29 is 19.0 Å². The van der Waals surface area contributed by atoms with Crippen LogP contribution >= 0.6 is 0 Å². The van der Waals surface area contributed by atoms with Crippen LogP contribution in [0.4, 0.5) is 15.9 Å². The molecule has 1 aliphatic heterocycles. The van der Waals surface area contributed by atoms with Gasteiger partial charge in [-0.1, -0.05) is 0 Å². The van der Waals surface area contributed by atoms with Crippen LogP contribution in [0.5, 0.6) is 11.8 Å². The molecule has 3 atom stereocenters. The monoisotopic (exact) mass is 508 g/mol. The van der Waals surface area contributed by atoms with Crippen molar-refractivity contribution in [1.82, 2.24) is 25.3 Å². The van der Waals surface area contributed by atoms with Crippen LogP contribution in [0.25, 0.3) is 11.1 Å². The summed E-state index contributed by atoms with van der Waals surface area (Å²) in [6, 6.07) is 2.56. The first-order valence-electron chi connectivity index (χ1n) is 12.1. The Balaban J connectivity index is 1.54. The summed E-state index contributed by atoms with van der Waals surface area (Å²) in [4.78, 5) is 32.3.